The van der Waals surface area contributed by atoms with Crippen molar-refractivity contribution in [1.29, 1.82) is 0 Å². The Kier molecular flexibility index (Phi) is 5.06. The minimum Gasteiger partial charge on any atom is -0.353 e. The zero-order valence-corrected chi connectivity index (χ0v) is 16.8. The summed E-state index contributed by atoms with van der Waals surface area (Å²) in [6, 6.07) is 38.4. The van der Waals surface area contributed by atoms with Gasteiger partial charge >= 0.3 is 0 Å². The van der Waals surface area contributed by atoms with Gasteiger partial charge in [0.25, 0.3) is 0 Å². The van der Waals surface area contributed by atoms with Crippen LogP contribution in [0.2, 0.25) is 0 Å². The molecule has 5 rings (SSSR count). The van der Waals surface area contributed by atoms with E-state index in [1.807, 2.05) is 6.07 Å². The van der Waals surface area contributed by atoms with Gasteiger partial charge in [0.1, 0.15) is 6.04 Å². The van der Waals surface area contributed by atoms with Crippen molar-refractivity contribution in [1.82, 2.24) is 0 Å². The molecule has 0 N–H and O–H groups in total. The van der Waals surface area contributed by atoms with Crippen LogP contribution in [0.1, 0.15) is 22.7 Å². The van der Waals surface area contributed by atoms with Crippen molar-refractivity contribution in [3.8, 4) is 23.0 Å². The van der Waals surface area contributed by atoms with Crippen LogP contribution in [0, 0.1) is 11.8 Å². The second-order valence-corrected chi connectivity index (χ2v) is 7.59. The van der Waals surface area contributed by atoms with Crippen LogP contribution in [-0.4, -0.2) is 6.54 Å². The van der Waals surface area contributed by atoms with Gasteiger partial charge in [-0.05, 0) is 52.9 Å². The molecule has 1 aliphatic rings. The van der Waals surface area contributed by atoms with E-state index in [-0.39, 0.29) is 6.04 Å². The minimum atomic E-state index is 0.0612. The van der Waals surface area contributed by atoms with E-state index < -0.39 is 0 Å². The average Bonchev–Trinajstić information content (AvgIpc) is 2.84. The summed E-state index contributed by atoms with van der Waals surface area (Å²) < 4.78 is 0. The summed E-state index contributed by atoms with van der Waals surface area (Å²) in [5.41, 5.74) is 7.45. The molecule has 1 aliphatic heterocycles. The fourth-order valence-electron chi connectivity index (χ4n) is 4.15. The Labute approximate surface area is 178 Å². The zero-order valence-electron chi connectivity index (χ0n) is 16.8. The van der Waals surface area contributed by atoms with Gasteiger partial charge in [0.15, 0.2) is 0 Å². The van der Waals surface area contributed by atoms with Gasteiger partial charge in [-0.25, -0.2) is 0 Å². The summed E-state index contributed by atoms with van der Waals surface area (Å²) in [5.74, 6) is 7.02. The van der Waals surface area contributed by atoms with Crippen LogP contribution in [0.4, 0.5) is 5.69 Å². The summed E-state index contributed by atoms with van der Waals surface area (Å²) in [7, 11) is 0. The number of para-hydroxylation sites is 1. The summed E-state index contributed by atoms with van der Waals surface area (Å²) in [4.78, 5) is 2.42. The Balaban J connectivity index is 1.48. The molecule has 30 heavy (non-hydrogen) atoms. The lowest BCUT2D eigenvalue weighted by Gasteiger charge is -2.36. The quantitative estimate of drug-likeness (QED) is 0.356. The standard InChI is InChI=1S/C29H23N/c1-3-9-24(10-4-1)25-18-15-23(16-19-25)17-20-29-28-14-8-7-11-26(28)21-22-30(29)27-12-5-2-6-13-27/h1-16,18-19,29H,21-22H2/t29-/m0/s1. The van der Waals surface area contributed by atoms with Gasteiger partial charge in [-0.1, -0.05) is 96.8 Å². The number of benzene rings is 4. The molecule has 0 fully saturated rings. The second kappa shape index (κ2) is 8.31. The van der Waals surface area contributed by atoms with Gasteiger partial charge < -0.3 is 4.90 Å². The molecule has 4 aromatic carbocycles. The first-order valence-electron chi connectivity index (χ1n) is 10.4. The highest BCUT2D eigenvalue weighted by Gasteiger charge is 2.25. The Morgan fingerprint density at radius 3 is 2.03 bits per heavy atom. The molecule has 144 valence electrons. The van der Waals surface area contributed by atoms with Crippen LogP contribution in [0.3, 0.4) is 0 Å². The summed E-state index contributed by atoms with van der Waals surface area (Å²) in [5, 5.41) is 0. The highest BCUT2D eigenvalue weighted by Crippen LogP contribution is 2.33. The highest BCUT2D eigenvalue weighted by molar-refractivity contribution is 5.64. The third kappa shape index (κ3) is 3.73. The number of anilines is 1. The molecule has 0 aliphatic carbocycles. The van der Waals surface area contributed by atoms with E-state index in [2.05, 4.69) is 120 Å². The first-order valence-corrected chi connectivity index (χ1v) is 10.4. The van der Waals surface area contributed by atoms with Gasteiger partial charge in [-0.3, -0.25) is 0 Å². The lowest BCUT2D eigenvalue weighted by molar-refractivity contribution is 0.682. The van der Waals surface area contributed by atoms with E-state index in [9.17, 15) is 0 Å². The lowest BCUT2D eigenvalue weighted by atomic mass is 9.92. The van der Waals surface area contributed by atoms with Crippen molar-refractivity contribution in [2.75, 3.05) is 11.4 Å². The molecule has 0 saturated heterocycles. The number of hydrogen-bond acceptors (Lipinski definition) is 1. The smallest absolute Gasteiger partial charge is 0.117 e. The van der Waals surface area contributed by atoms with Gasteiger partial charge in [0, 0.05) is 17.8 Å². The maximum atomic E-state index is 3.58. The van der Waals surface area contributed by atoms with Crippen molar-refractivity contribution in [2.24, 2.45) is 0 Å². The van der Waals surface area contributed by atoms with Crippen molar-refractivity contribution >= 4 is 5.69 Å². The van der Waals surface area contributed by atoms with Crippen LogP contribution in [0.15, 0.2) is 109 Å². The molecular weight excluding hydrogens is 362 g/mol. The maximum absolute atomic E-state index is 3.58. The third-order valence-corrected chi connectivity index (χ3v) is 5.72. The molecule has 0 radical (unpaired) electrons. The first-order chi connectivity index (χ1) is 14.9. The number of nitrogens with zero attached hydrogens (tertiary/aromatic N) is 1. The first kappa shape index (κ1) is 18.3. The average molecular weight is 386 g/mol. The van der Waals surface area contributed by atoms with E-state index in [0.717, 1.165) is 18.5 Å². The van der Waals surface area contributed by atoms with Gasteiger partial charge in [-0.15, -0.1) is 0 Å². The molecule has 4 aromatic rings. The predicted octanol–water partition coefficient (Wildman–Crippen LogP) is 6.51. The fourth-order valence-corrected chi connectivity index (χ4v) is 4.15. The molecule has 1 heteroatoms. The summed E-state index contributed by atoms with van der Waals surface area (Å²) >= 11 is 0. The molecule has 1 heterocycles. The zero-order chi connectivity index (χ0) is 20.2. The Morgan fingerprint density at radius 1 is 0.633 bits per heavy atom. The SMILES string of the molecule is C(#C[C@H]1c2ccccc2CCN1c1ccccc1)c1ccc(-c2ccccc2)cc1. The minimum absolute atomic E-state index is 0.0612. The van der Waals surface area contributed by atoms with Crippen molar-refractivity contribution in [2.45, 2.75) is 12.5 Å². The Bertz CT molecular complexity index is 1180. The maximum Gasteiger partial charge on any atom is 0.117 e. The van der Waals surface area contributed by atoms with E-state index in [1.54, 1.807) is 0 Å². The topological polar surface area (TPSA) is 3.24 Å². The second-order valence-electron chi connectivity index (χ2n) is 7.59. The molecule has 0 amide bonds. The molecule has 0 aromatic heterocycles. The molecule has 0 unspecified atom stereocenters. The van der Waals surface area contributed by atoms with E-state index >= 15 is 0 Å². The molecule has 1 nitrogen and oxygen atoms in total. The van der Waals surface area contributed by atoms with E-state index in [4.69, 9.17) is 0 Å². The van der Waals surface area contributed by atoms with Gasteiger partial charge in [0.2, 0.25) is 0 Å². The van der Waals surface area contributed by atoms with Crippen molar-refractivity contribution < 1.29 is 0 Å². The summed E-state index contributed by atoms with van der Waals surface area (Å²) in [6.07, 6.45) is 1.05. The van der Waals surface area contributed by atoms with Gasteiger partial charge in [0.05, 0.1) is 0 Å². The van der Waals surface area contributed by atoms with Crippen LogP contribution in [-0.2, 0) is 6.42 Å². The predicted molar refractivity (Wildman–Crippen MR) is 125 cm³/mol. The normalized spacial score (nSPS) is 15.1. The number of hydrogen-bond donors (Lipinski definition) is 0. The van der Waals surface area contributed by atoms with Crippen LogP contribution in [0.25, 0.3) is 11.1 Å². The van der Waals surface area contributed by atoms with E-state index in [0.29, 0.717) is 0 Å². The Morgan fingerprint density at radius 2 is 1.27 bits per heavy atom. The van der Waals surface area contributed by atoms with Crippen molar-refractivity contribution in [3.05, 3.63) is 126 Å². The fraction of sp³-hybridized carbons (Fsp3) is 0.103. The molecule has 0 saturated carbocycles. The monoisotopic (exact) mass is 385 g/mol. The number of rotatable bonds is 2. The highest BCUT2D eigenvalue weighted by atomic mass is 15.2. The molecule has 0 bridgehead atoms. The Hall–Kier alpha value is -3.76. The lowest BCUT2D eigenvalue weighted by Crippen LogP contribution is -2.34. The van der Waals surface area contributed by atoms with Crippen LogP contribution >= 0.6 is 0 Å². The van der Waals surface area contributed by atoms with Crippen molar-refractivity contribution in [3.63, 3.8) is 0 Å². The largest absolute Gasteiger partial charge is 0.353 e. The van der Waals surface area contributed by atoms with Gasteiger partial charge in [-0.2, -0.15) is 0 Å². The molecule has 0 spiro atoms. The molecular formula is C29H23N. The number of fused-ring (bicyclic) bond motifs is 1. The third-order valence-electron chi connectivity index (χ3n) is 5.72. The van der Waals surface area contributed by atoms with Crippen LogP contribution < -0.4 is 4.90 Å². The van der Waals surface area contributed by atoms with Crippen LogP contribution in [0.5, 0.6) is 0 Å². The molecule has 1 atom stereocenters. The van der Waals surface area contributed by atoms with E-state index in [1.165, 1.54) is 27.9 Å². The summed E-state index contributed by atoms with van der Waals surface area (Å²) in [6.45, 7) is 0.979.